The van der Waals surface area contributed by atoms with Crippen LogP contribution >= 0.6 is 15.2 Å². The average Bonchev–Trinajstić information content (AvgIpc) is 3.07. The number of nitrogens with two attached hydrogens (primary N) is 1. The smallest absolute Gasteiger partial charge is 0.340 e. The molecule has 3 rings (SSSR count). The molecular formula is C11H17N5O9P2. The molecule has 1 aliphatic rings. The van der Waals surface area contributed by atoms with E-state index in [9.17, 15) is 24.2 Å². The highest BCUT2D eigenvalue weighted by Gasteiger charge is 2.45. The van der Waals surface area contributed by atoms with Crippen LogP contribution in [0.3, 0.4) is 0 Å². The van der Waals surface area contributed by atoms with Gasteiger partial charge in [-0.3, -0.25) is 13.7 Å². The maximum absolute atomic E-state index is 11.7. The van der Waals surface area contributed by atoms with E-state index in [1.54, 1.807) is 0 Å². The van der Waals surface area contributed by atoms with Crippen molar-refractivity contribution in [2.75, 3.05) is 18.2 Å². The highest BCUT2D eigenvalue weighted by Crippen LogP contribution is 2.55. The topological polar surface area (TPSA) is 223 Å². The summed E-state index contributed by atoms with van der Waals surface area (Å²) in [5, 5.41) is 20.3. The number of aliphatic hydroxyl groups is 2. The molecule has 7 N–H and O–H groups in total. The van der Waals surface area contributed by atoms with E-state index in [4.69, 9.17) is 20.3 Å². The van der Waals surface area contributed by atoms with Crippen LogP contribution < -0.4 is 5.73 Å². The molecule has 0 amide bonds. The Kier molecular flexibility index (Phi) is 5.38. The van der Waals surface area contributed by atoms with E-state index in [1.165, 1.54) is 17.2 Å². The van der Waals surface area contributed by atoms with E-state index in [0.717, 1.165) is 0 Å². The van der Waals surface area contributed by atoms with Crippen molar-refractivity contribution in [2.45, 2.75) is 24.5 Å². The summed E-state index contributed by atoms with van der Waals surface area (Å²) in [4.78, 5) is 38.8. The number of imidazole rings is 1. The summed E-state index contributed by atoms with van der Waals surface area (Å²) >= 11 is 0. The van der Waals surface area contributed by atoms with Crippen molar-refractivity contribution in [1.82, 2.24) is 19.5 Å². The Morgan fingerprint density at radius 1 is 1.19 bits per heavy atom. The molecule has 150 valence electrons. The van der Waals surface area contributed by atoms with Crippen LogP contribution in [0.4, 0.5) is 5.82 Å². The van der Waals surface area contributed by atoms with Gasteiger partial charge in [0.2, 0.25) is 0 Å². The second-order valence-electron chi connectivity index (χ2n) is 5.87. The van der Waals surface area contributed by atoms with Crippen molar-refractivity contribution in [1.29, 1.82) is 0 Å². The van der Waals surface area contributed by atoms with Gasteiger partial charge in [-0.2, -0.15) is 0 Å². The van der Waals surface area contributed by atoms with E-state index in [-0.39, 0.29) is 17.0 Å². The first-order valence-electron chi connectivity index (χ1n) is 7.44. The summed E-state index contributed by atoms with van der Waals surface area (Å²) in [6.45, 7) is -0.688. The van der Waals surface area contributed by atoms with Crippen molar-refractivity contribution >= 4 is 32.2 Å². The summed E-state index contributed by atoms with van der Waals surface area (Å²) in [7, 11) is -9.42. The number of aliphatic hydroxyl groups excluding tert-OH is 2. The van der Waals surface area contributed by atoms with Crippen LogP contribution in [-0.2, 0) is 18.4 Å². The third-order valence-corrected chi connectivity index (χ3v) is 7.26. The summed E-state index contributed by atoms with van der Waals surface area (Å²) in [5.74, 6) is -1.28. The number of hydrogen-bond acceptors (Lipinski definition) is 10. The molecule has 5 atom stereocenters. The van der Waals surface area contributed by atoms with Crippen molar-refractivity contribution < 1.29 is 43.3 Å². The molecule has 0 bridgehead atoms. The van der Waals surface area contributed by atoms with Crippen molar-refractivity contribution in [3.8, 4) is 0 Å². The number of nitrogens with zero attached hydrogens (tertiary/aromatic N) is 4. The molecule has 16 heteroatoms. The first-order chi connectivity index (χ1) is 12.5. The molecule has 14 nitrogen and oxygen atoms in total. The zero-order valence-electron chi connectivity index (χ0n) is 13.5. The lowest BCUT2D eigenvalue weighted by molar-refractivity contribution is -0.0483. The number of aromatic nitrogens is 4. The Labute approximate surface area is 151 Å². The van der Waals surface area contributed by atoms with Gasteiger partial charge in [0.05, 0.1) is 12.9 Å². The molecule has 1 aliphatic heterocycles. The normalized spacial score (nSPS) is 28.5. The fourth-order valence-corrected chi connectivity index (χ4v) is 5.19. The molecule has 3 heterocycles. The standard InChI is InChI=1S/C11H17N5O9P2/c12-9-6-10(14-2-13-9)16(3-15-6)11-8(18)7(17)5(25-11)1-24-27(22,23)4-26(19,20)21/h2-3,5,7-8,11,17-18H,1,4H2,(H,22,23)(H2,12,13,14)(H2,19,20,21)/t5-,7-,8+,11-/m1/s1. The molecule has 1 fully saturated rings. The monoisotopic (exact) mass is 425 g/mol. The fraction of sp³-hybridized carbons (Fsp3) is 0.545. The molecule has 1 unspecified atom stereocenters. The maximum Gasteiger partial charge on any atom is 0.340 e. The summed E-state index contributed by atoms with van der Waals surface area (Å²) < 4.78 is 33.9. The number of hydrogen-bond donors (Lipinski definition) is 6. The average molecular weight is 425 g/mol. The maximum atomic E-state index is 11.7. The molecule has 2 aromatic rings. The Morgan fingerprint density at radius 3 is 2.56 bits per heavy atom. The van der Waals surface area contributed by atoms with Crippen LogP contribution in [0, 0.1) is 0 Å². The number of fused-ring (bicyclic) bond motifs is 1. The second kappa shape index (κ2) is 7.17. The third kappa shape index (κ3) is 4.35. The minimum Gasteiger partial charge on any atom is -0.387 e. The van der Waals surface area contributed by atoms with Gasteiger partial charge in [-0.05, 0) is 0 Å². The number of rotatable bonds is 6. The van der Waals surface area contributed by atoms with Crippen LogP contribution in [0.25, 0.3) is 11.2 Å². The lowest BCUT2D eigenvalue weighted by Gasteiger charge is -2.18. The summed E-state index contributed by atoms with van der Waals surface area (Å²) in [6.07, 6.45) is -2.94. The Hall–Kier alpha value is -1.47. The van der Waals surface area contributed by atoms with Crippen LogP contribution in [0.15, 0.2) is 12.7 Å². The Balaban J connectivity index is 1.75. The van der Waals surface area contributed by atoms with Gasteiger partial charge < -0.3 is 39.9 Å². The van der Waals surface area contributed by atoms with Gasteiger partial charge in [-0.15, -0.1) is 0 Å². The van der Waals surface area contributed by atoms with Crippen LogP contribution in [0.5, 0.6) is 0 Å². The Morgan fingerprint density at radius 2 is 1.89 bits per heavy atom. The van der Waals surface area contributed by atoms with E-state index in [1.807, 2.05) is 0 Å². The minimum absolute atomic E-state index is 0.102. The van der Waals surface area contributed by atoms with Crippen molar-refractivity contribution in [2.24, 2.45) is 0 Å². The lowest BCUT2D eigenvalue weighted by atomic mass is 10.1. The minimum atomic E-state index is -4.79. The highest BCUT2D eigenvalue weighted by atomic mass is 31.2. The van der Waals surface area contributed by atoms with E-state index >= 15 is 0 Å². The molecule has 0 aliphatic carbocycles. The number of ether oxygens (including phenoxy) is 1. The summed E-state index contributed by atoms with van der Waals surface area (Å²) in [6, 6.07) is 0. The number of anilines is 1. The van der Waals surface area contributed by atoms with Crippen molar-refractivity contribution in [3.63, 3.8) is 0 Å². The molecule has 1 saturated heterocycles. The van der Waals surface area contributed by atoms with Crippen molar-refractivity contribution in [3.05, 3.63) is 12.7 Å². The highest BCUT2D eigenvalue weighted by molar-refractivity contribution is 7.70. The van der Waals surface area contributed by atoms with Crippen LogP contribution in [0.2, 0.25) is 0 Å². The SMILES string of the molecule is Nc1ncnc2c1ncn2[C@@H]1O[C@H](COP(=O)(O)CP(=O)(O)O)[C@@H](O)[C@@H]1O. The molecule has 27 heavy (non-hydrogen) atoms. The molecule has 0 aromatic carbocycles. The predicted molar refractivity (Wildman–Crippen MR) is 88.3 cm³/mol. The van der Waals surface area contributed by atoms with Gasteiger partial charge in [-0.25, -0.2) is 15.0 Å². The first kappa shape index (κ1) is 20.3. The van der Waals surface area contributed by atoms with E-state index in [0.29, 0.717) is 0 Å². The third-order valence-electron chi connectivity index (χ3n) is 3.80. The van der Waals surface area contributed by atoms with E-state index < -0.39 is 52.2 Å². The van der Waals surface area contributed by atoms with Gasteiger partial charge >= 0.3 is 15.2 Å². The molecule has 0 saturated carbocycles. The Bertz CT molecular complexity index is 932. The van der Waals surface area contributed by atoms with E-state index in [2.05, 4.69) is 19.5 Å². The zero-order valence-corrected chi connectivity index (χ0v) is 15.3. The largest absolute Gasteiger partial charge is 0.387 e. The number of nitrogen functional groups attached to an aromatic ring is 1. The molecule has 2 aromatic heterocycles. The van der Waals surface area contributed by atoms with Gasteiger partial charge in [0.1, 0.15) is 30.2 Å². The predicted octanol–water partition coefficient (Wildman–Crippen LogP) is -1.64. The molecule has 0 radical (unpaired) electrons. The van der Waals surface area contributed by atoms with Crippen LogP contribution in [-0.4, -0.2) is 75.2 Å². The van der Waals surface area contributed by atoms with Gasteiger partial charge in [0, 0.05) is 0 Å². The second-order valence-corrected chi connectivity index (χ2v) is 9.86. The lowest BCUT2D eigenvalue weighted by Crippen LogP contribution is -2.33. The van der Waals surface area contributed by atoms with Gasteiger partial charge in [0.25, 0.3) is 0 Å². The quantitative estimate of drug-likeness (QED) is 0.286. The first-order valence-corrected chi connectivity index (χ1v) is 11.0. The zero-order chi connectivity index (χ0) is 20.0. The van der Waals surface area contributed by atoms with Gasteiger partial charge in [-0.1, -0.05) is 0 Å². The van der Waals surface area contributed by atoms with Crippen LogP contribution in [0.1, 0.15) is 6.23 Å². The molecular weight excluding hydrogens is 408 g/mol. The molecule has 0 spiro atoms. The fourth-order valence-electron chi connectivity index (χ4n) is 2.62. The summed E-state index contributed by atoms with van der Waals surface area (Å²) in [5.41, 5.74) is 6.17. The van der Waals surface area contributed by atoms with Gasteiger partial charge in [0.15, 0.2) is 23.6 Å².